The van der Waals surface area contributed by atoms with E-state index in [1.165, 1.54) is 11.1 Å². The first kappa shape index (κ1) is 16.5. The van der Waals surface area contributed by atoms with Crippen LogP contribution in [0.15, 0.2) is 24.3 Å². The van der Waals surface area contributed by atoms with E-state index < -0.39 is 6.03 Å². The van der Waals surface area contributed by atoms with E-state index in [0.717, 1.165) is 19.5 Å². The first-order chi connectivity index (χ1) is 10.3. The first-order valence-corrected chi connectivity index (χ1v) is 7.70. The van der Waals surface area contributed by atoms with E-state index in [2.05, 4.69) is 27.7 Å². The van der Waals surface area contributed by atoms with Crippen LogP contribution >= 0.6 is 0 Å². The van der Waals surface area contributed by atoms with Gasteiger partial charge < -0.3 is 5.32 Å². The smallest absolute Gasteiger partial charge is 0.321 e. The maximum atomic E-state index is 12.2. The summed E-state index contributed by atoms with van der Waals surface area (Å²) in [5.41, 5.74) is 2.24. The average Bonchev–Trinajstić information content (AvgIpc) is 2.43. The average molecular weight is 303 g/mol. The second-order valence-corrected chi connectivity index (χ2v) is 6.86. The van der Waals surface area contributed by atoms with Crippen molar-refractivity contribution in [1.29, 1.82) is 0 Å². The Labute approximate surface area is 132 Å². The van der Waals surface area contributed by atoms with Crippen molar-refractivity contribution >= 4 is 11.9 Å². The van der Waals surface area contributed by atoms with E-state index in [0.29, 0.717) is 0 Å². The molecule has 1 aromatic rings. The second-order valence-electron chi connectivity index (χ2n) is 6.86. The molecule has 120 valence electrons. The highest BCUT2D eigenvalue weighted by molar-refractivity contribution is 5.97. The van der Waals surface area contributed by atoms with Crippen LogP contribution in [0.1, 0.15) is 38.8 Å². The highest BCUT2D eigenvalue weighted by Gasteiger charge is 2.26. The number of rotatable bonds is 2. The molecule has 2 rings (SSSR count). The lowest BCUT2D eigenvalue weighted by atomic mass is 9.99. The fourth-order valence-corrected chi connectivity index (χ4v) is 2.60. The van der Waals surface area contributed by atoms with Gasteiger partial charge in [-0.2, -0.15) is 0 Å². The molecular weight excluding hydrogens is 278 g/mol. The van der Waals surface area contributed by atoms with Gasteiger partial charge in [-0.15, -0.1) is 0 Å². The lowest BCUT2D eigenvalue weighted by molar-refractivity contribution is -0.125. The Morgan fingerprint density at radius 2 is 1.82 bits per heavy atom. The standard InChI is InChI=1S/C17H25N3O2/c1-12(15(21)18-16(22)19-17(2,3)4)20-10-9-13-7-5-6-8-14(13)11-20/h5-8,12H,9-11H2,1-4H3,(H2,18,19,21,22)/t12-/m1/s1. The van der Waals surface area contributed by atoms with Gasteiger partial charge in [0, 0.05) is 18.6 Å². The van der Waals surface area contributed by atoms with Crippen molar-refractivity contribution in [1.82, 2.24) is 15.5 Å². The molecule has 0 unspecified atom stereocenters. The predicted octanol–water partition coefficient (Wildman–Crippen LogP) is 2.06. The summed E-state index contributed by atoms with van der Waals surface area (Å²) in [6, 6.07) is 7.51. The number of hydrogen-bond acceptors (Lipinski definition) is 3. The maximum absolute atomic E-state index is 12.2. The summed E-state index contributed by atoms with van der Waals surface area (Å²) in [5, 5.41) is 5.16. The molecule has 1 aliphatic heterocycles. The number of hydrogen-bond donors (Lipinski definition) is 2. The summed E-state index contributed by atoms with van der Waals surface area (Å²) in [6.07, 6.45) is 0.933. The van der Waals surface area contributed by atoms with E-state index in [4.69, 9.17) is 0 Å². The zero-order valence-corrected chi connectivity index (χ0v) is 13.8. The molecule has 0 spiro atoms. The number of fused-ring (bicyclic) bond motifs is 1. The molecule has 0 aliphatic carbocycles. The molecule has 1 aliphatic rings. The van der Waals surface area contributed by atoms with E-state index in [9.17, 15) is 9.59 Å². The SMILES string of the molecule is C[C@H](C(=O)NC(=O)NC(C)(C)C)N1CCc2ccccc2C1. The molecule has 0 bridgehead atoms. The van der Waals surface area contributed by atoms with Gasteiger partial charge in [0.15, 0.2) is 0 Å². The topological polar surface area (TPSA) is 61.4 Å². The summed E-state index contributed by atoms with van der Waals surface area (Å²) in [5.74, 6) is -0.263. The van der Waals surface area contributed by atoms with Gasteiger partial charge >= 0.3 is 6.03 Å². The molecule has 1 atom stereocenters. The van der Waals surface area contributed by atoms with Crippen molar-refractivity contribution in [2.24, 2.45) is 0 Å². The molecule has 2 N–H and O–H groups in total. The molecule has 5 heteroatoms. The molecule has 1 aromatic carbocycles. The molecule has 0 aromatic heterocycles. The molecule has 0 fully saturated rings. The molecule has 0 saturated carbocycles. The van der Waals surface area contributed by atoms with Gasteiger partial charge in [0.2, 0.25) is 5.91 Å². The summed E-state index contributed by atoms with van der Waals surface area (Å²) >= 11 is 0. The summed E-state index contributed by atoms with van der Waals surface area (Å²) < 4.78 is 0. The van der Waals surface area contributed by atoms with E-state index in [1.807, 2.05) is 39.8 Å². The third-order valence-corrected chi connectivity index (χ3v) is 3.81. The highest BCUT2D eigenvalue weighted by Crippen LogP contribution is 2.20. The van der Waals surface area contributed by atoms with Crippen LogP contribution in [0.25, 0.3) is 0 Å². The number of imide groups is 1. The third-order valence-electron chi connectivity index (χ3n) is 3.81. The van der Waals surface area contributed by atoms with Crippen molar-refractivity contribution in [3.63, 3.8) is 0 Å². The molecule has 5 nitrogen and oxygen atoms in total. The normalized spacial score (nSPS) is 16.5. The number of nitrogens with one attached hydrogen (secondary N) is 2. The number of benzene rings is 1. The van der Waals surface area contributed by atoms with Crippen LogP contribution < -0.4 is 10.6 Å². The van der Waals surface area contributed by atoms with E-state index in [-0.39, 0.29) is 17.5 Å². The molecule has 22 heavy (non-hydrogen) atoms. The molecular formula is C17H25N3O2. The lowest BCUT2D eigenvalue weighted by Gasteiger charge is -2.33. The van der Waals surface area contributed by atoms with Crippen LogP contribution in [-0.4, -0.2) is 35.0 Å². The third kappa shape index (κ3) is 4.31. The minimum absolute atomic E-state index is 0.263. The van der Waals surface area contributed by atoms with Gasteiger partial charge in [0.1, 0.15) is 0 Å². The minimum atomic E-state index is -0.443. The Hall–Kier alpha value is -1.88. The quantitative estimate of drug-likeness (QED) is 0.879. The van der Waals surface area contributed by atoms with Crippen molar-refractivity contribution < 1.29 is 9.59 Å². The molecule has 3 amide bonds. The Morgan fingerprint density at radius 1 is 1.18 bits per heavy atom. The van der Waals surface area contributed by atoms with E-state index in [1.54, 1.807) is 0 Å². The molecule has 1 heterocycles. The number of urea groups is 1. The van der Waals surface area contributed by atoms with Gasteiger partial charge in [-0.25, -0.2) is 4.79 Å². The number of amides is 3. The number of nitrogens with zero attached hydrogens (tertiary/aromatic N) is 1. The highest BCUT2D eigenvalue weighted by atomic mass is 16.2. The first-order valence-electron chi connectivity index (χ1n) is 7.70. The van der Waals surface area contributed by atoms with Crippen molar-refractivity contribution in [2.45, 2.75) is 52.2 Å². The van der Waals surface area contributed by atoms with Crippen LogP contribution in [0.2, 0.25) is 0 Å². The predicted molar refractivity (Wildman–Crippen MR) is 86.4 cm³/mol. The van der Waals surface area contributed by atoms with Crippen LogP contribution in [0.4, 0.5) is 4.79 Å². The Kier molecular flexibility index (Phi) is 4.86. The van der Waals surface area contributed by atoms with Gasteiger partial charge in [0.25, 0.3) is 0 Å². The second kappa shape index (κ2) is 6.48. The lowest BCUT2D eigenvalue weighted by Crippen LogP contribution is -2.53. The van der Waals surface area contributed by atoms with Crippen LogP contribution in [-0.2, 0) is 17.8 Å². The summed E-state index contributed by atoms with van der Waals surface area (Å²) in [4.78, 5) is 26.1. The maximum Gasteiger partial charge on any atom is 0.321 e. The summed E-state index contributed by atoms with van der Waals surface area (Å²) in [6.45, 7) is 9.04. The molecule has 0 radical (unpaired) electrons. The van der Waals surface area contributed by atoms with Gasteiger partial charge in [-0.1, -0.05) is 24.3 Å². The largest absolute Gasteiger partial charge is 0.333 e. The van der Waals surface area contributed by atoms with Gasteiger partial charge in [-0.3, -0.25) is 15.0 Å². The van der Waals surface area contributed by atoms with Crippen LogP contribution in [0.3, 0.4) is 0 Å². The van der Waals surface area contributed by atoms with Crippen LogP contribution in [0, 0.1) is 0 Å². The zero-order valence-electron chi connectivity index (χ0n) is 13.8. The Bertz CT molecular complexity index is 563. The fourth-order valence-electron chi connectivity index (χ4n) is 2.60. The summed E-state index contributed by atoms with van der Waals surface area (Å²) in [7, 11) is 0. The van der Waals surface area contributed by atoms with Gasteiger partial charge in [-0.05, 0) is 45.2 Å². The Morgan fingerprint density at radius 3 is 2.45 bits per heavy atom. The molecule has 0 saturated heterocycles. The van der Waals surface area contributed by atoms with Crippen molar-refractivity contribution in [2.75, 3.05) is 6.54 Å². The number of carbonyl (C=O) groups excluding carboxylic acids is 2. The fraction of sp³-hybridized carbons (Fsp3) is 0.529. The van der Waals surface area contributed by atoms with Crippen molar-refractivity contribution in [3.05, 3.63) is 35.4 Å². The minimum Gasteiger partial charge on any atom is -0.333 e. The van der Waals surface area contributed by atoms with Crippen LogP contribution in [0.5, 0.6) is 0 Å². The van der Waals surface area contributed by atoms with Crippen molar-refractivity contribution in [3.8, 4) is 0 Å². The number of carbonyl (C=O) groups is 2. The van der Waals surface area contributed by atoms with E-state index >= 15 is 0 Å². The monoisotopic (exact) mass is 303 g/mol. The zero-order chi connectivity index (χ0) is 16.3. The Balaban J connectivity index is 1.93. The van der Waals surface area contributed by atoms with Gasteiger partial charge in [0.05, 0.1) is 6.04 Å².